The minimum Gasteiger partial charge on any atom is -0.361 e. The Morgan fingerprint density at radius 1 is 1.50 bits per heavy atom. The molecule has 1 atom stereocenters. The molecule has 1 spiro atoms. The molecule has 1 aromatic heterocycles. The van der Waals surface area contributed by atoms with Crippen molar-refractivity contribution in [3.05, 3.63) is 17.5 Å². The van der Waals surface area contributed by atoms with Crippen LogP contribution in [0.3, 0.4) is 0 Å². The van der Waals surface area contributed by atoms with E-state index in [4.69, 9.17) is 10.3 Å². The largest absolute Gasteiger partial charge is 0.361 e. The Bertz CT molecular complexity index is 341. The zero-order chi connectivity index (χ0) is 9.60. The zero-order valence-electron chi connectivity index (χ0n) is 8.33. The number of aromatic nitrogens is 1. The molecule has 1 fully saturated rings. The Hall–Kier alpha value is -0.830. The van der Waals surface area contributed by atoms with E-state index in [2.05, 4.69) is 5.16 Å². The van der Waals surface area contributed by atoms with Crippen molar-refractivity contribution in [2.75, 3.05) is 6.54 Å². The van der Waals surface area contributed by atoms with Gasteiger partial charge in [0.25, 0.3) is 0 Å². The molecule has 1 aromatic rings. The summed E-state index contributed by atoms with van der Waals surface area (Å²) in [4.78, 5) is 0. The van der Waals surface area contributed by atoms with Crippen molar-refractivity contribution in [1.29, 1.82) is 0 Å². The Labute approximate surface area is 83.6 Å². The van der Waals surface area contributed by atoms with Gasteiger partial charge in [0.05, 0.1) is 6.20 Å². The first kappa shape index (κ1) is 8.48. The van der Waals surface area contributed by atoms with E-state index in [1.54, 1.807) is 0 Å². The Morgan fingerprint density at radius 2 is 2.36 bits per heavy atom. The molecule has 0 bridgehead atoms. The van der Waals surface area contributed by atoms with Gasteiger partial charge < -0.3 is 10.3 Å². The standard InChI is InChI=1S/C11H16N2O/c12-6-2-9-10-8(7-13-14-10)1-3-11(9)4-5-11/h7,9H,1-6,12H2. The molecule has 0 radical (unpaired) electrons. The lowest BCUT2D eigenvalue weighted by atomic mass is 9.75. The molecule has 0 amide bonds. The van der Waals surface area contributed by atoms with E-state index >= 15 is 0 Å². The summed E-state index contributed by atoms with van der Waals surface area (Å²) in [6.45, 7) is 0.757. The number of fused-ring (bicyclic) bond motifs is 1. The summed E-state index contributed by atoms with van der Waals surface area (Å²) in [6, 6.07) is 0. The van der Waals surface area contributed by atoms with Crippen LogP contribution in [0.4, 0.5) is 0 Å². The van der Waals surface area contributed by atoms with Crippen LogP contribution in [0, 0.1) is 5.41 Å². The van der Waals surface area contributed by atoms with Gasteiger partial charge in [-0.3, -0.25) is 0 Å². The van der Waals surface area contributed by atoms with Gasteiger partial charge in [-0.05, 0) is 44.1 Å². The molecule has 3 nitrogen and oxygen atoms in total. The molecule has 0 aromatic carbocycles. The predicted molar refractivity (Wildman–Crippen MR) is 52.9 cm³/mol. The van der Waals surface area contributed by atoms with Gasteiger partial charge in [-0.15, -0.1) is 0 Å². The number of rotatable bonds is 2. The zero-order valence-corrected chi connectivity index (χ0v) is 8.33. The Morgan fingerprint density at radius 3 is 3.07 bits per heavy atom. The van der Waals surface area contributed by atoms with Gasteiger partial charge in [-0.2, -0.15) is 0 Å². The monoisotopic (exact) mass is 192 g/mol. The molecule has 2 aliphatic rings. The molecular formula is C11H16N2O. The molecule has 2 aliphatic carbocycles. The SMILES string of the molecule is NCCC1c2oncc2CCC12CC2. The summed E-state index contributed by atoms with van der Waals surface area (Å²) in [5.41, 5.74) is 7.54. The number of hydrogen-bond acceptors (Lipinski definition) is 3. The van der Waals surface area contributed by atoms with E-state index in [1.807, 2.05) is 6.20 Å². The van der Waals surface area contributed by atoms with E-state index in [1.165, 1.54) is 24.8 Å². The molecule has 1 saturated carbocycles. The van der Waals surface area contributed by atoms with Gasteiger partial charge in [-0.25, -0.2) is 0 Å². The average molecular weight is 192 g/mol. The number of nitrogens with two attached hydrogens (primary N) is 1. The summed E-state index contributed by atoms with van der Waals surface area (Å²) < 4.78 is 5.39. The molecule has 76 valence electrons. The van der Waals surface area contributed by atoms with Gasteiger partial charge in [0, 0.05) is 11.5 Å². The molecule has 2 N–H and O–H groups in total. The van der Waals surface area contributed by atoms with Crippen LogP contribution in [0.5, 0.6) is 0 Å². The summed E-state index contributed by atoms with van der Waals surface area (Å²) in [7, 11) is 0. The molecule has 1 unspecified atom stereocenters. The molecule has 3 rings (SSSR count). The van der Waals surface area contributed by atoms with Crippen LogP contribution in [-0.2, 0) is 6.42 Å². The average Bonchev–Trinajstić information content (AvgIpc) is 2.79. The van der Waals surface area contributed by atoms with Crippen LogP contribution in [-0.4, -0.2) is 11.7 Å². The lowest BCUT2D eigenvalue weighted by Crippen LogP contribution is -2.23. The Balaban J connectivity index is 1.97. The maximum Gasteiger partial charge on any atom is 0.143 e. The minimum absolute atomic E-state index is 0.548. The highest BCUT2D eigenvalue weighted by molar-refractivity contribution is 5.27. The third-order valence-corrected chi connectivity index (χ3v) is 3.97. The highest BCUT2D eigenvalue weighted by atomic mass is 16.5. The smallest absolute Gasteiger partial charge is 0.143 e. The molecule has 14 heavy (non-hydrogen) atoms. The predicted octanol–water partition coefficient (Wildman–Crippen LogP) is 1.83. The second-order valence-corrected chi connectivity index (χ2v) is 4.71. The maximum atomic E-state index is 5.67. The van der Waals surface area contributed by atoms with Crippen LogP contribution in [0.2, 0.25) is 0 Å². The van der Waals surface area contributed by atoms with Gasteiger partial charge in [0.1, 0.15) is 5.76 Å². The molecule has 3 heteroatoms. The van der Waals surface area contributed by atoms with Gasteiger partial charge in [0.2, 0.25) is 0 Å². The third kappa shape index (κ3) is 1.05. The number of nitrogens with zero attached hydrogens (tertiary/aromatic N) is 1. The van der Waals surface area contributed by atoms with E-state index in [9.17, 15) is 0 Å². The van der Waals surface area contributed by atoms with Gasteiger partial charge >= 0.3 is 0 Å². The van der Waals surface area contributed by atoms with Crippen molar-refractivity contribution in [2.45, 2.75) is 38.0 Å². The maximum absolute atomic E-state index is 5.67. The topological polar surface area (TPSA) is 52.0 Å². The first-order chi connectivity index (χ1) is 6.86. The van der Waals surface area contributed by atoms with Gasteiger partial charge in [-0.1, -0.05) is 5.16 Å². The molecular weight excluding hydrogens is 176 g/mol. The summed E-state index contributed by atoms with van der Waals surface area (Å²) in [5.74, 6) is 1.69. The van der Waals surface area contributed by atoms with Crippen molar-refractivity contribution in [3.63, 3.8) is 0 Å². The molecule has 0 saturated heterocycles. The van der Waals surface area contributed by atoms with Crippen LogP contribution in [0.25, 0.3) is 0 Å². The summed E-state index contributed by atoms with van der Waals surface area (Å²) in [5, 5.41) is 3.91. The quantitative estimate of drug-likeness (QED) is 0.777. The first-order valence-corrected chi connectivity index (χ1v) is 5.49. The van der Waals surface area contributed by atoms with Crippen LogP contribution >= 0.6 is 0 Å². The van der Waals surface area contributed by atoms with Crippen molar-refractivity contribution in [3.8, 4) is 0 Å². The second kappa shape index (κ2) is 2.83. The minimum atomic E-state index is 0.548. The second-order valence-electron chi connectivity index (χ2n) is 4.71. The van der Waals surface area contributed by atoms with E-state index in [0.717, 1.165) is 25.1 Å². The van der Waals surface area contributed by atoms with Crippen LogP contribution < -0.4 is 5.73 Å². The van der Waals surface area contributed by atoms with Crippen molar-refractivity contribution in [1.82, 2.24) is 5.16 Å². The number of hydrogen-bond donors (Lipinski definition) is 1. The lowest BCUT2D eigenvalue weighted by molar-refractivity contribution is 0.259. The molecule has 1 heterocycles. The van der Waals surface area contributed by atoms with Crippen molar-refractivity contribution >= 4 is 0 Å². The van der Waals surface area contributed by atoms with E-state index in [-0.39, 0.29) is 0 Å². The van der Waals surface area contributed by atoms with Gasteiger partial charge in [0.15, 0.2) is 0 Å². The van der Waals surface area contributed by atoms with E-state index < -0.39 is 0 Å². The van der Waals surface area contributed by atoms with Crippen molar-refractivity contribution < 1.29 is 4.52 Å². The molecule has 0 aliphatic heterocycles. The lowest BCUT2D eigenvalue weighted by Gasteiger charge is -2.29. The fourth-order valence-corrected chi connectivity index (χ4v) is 2.94. The fourth-order valence-electron chi connectivity index (χ4n) is 2.94. The first-order valence-electron chi connectivity index (χ1n) is 5.49. The fraction of sp³-hybridized carbons (Fsp3) is 0.727. The summed E-state index contributed by atoms with van der Waals surface area (Å²) in [6.07, 6.45) is 8.12. The highest BCUT2D eigenvalue weighted by Crippen LogP contribution is 2.62. The van der Waals surface area contributed by atoms with Crippen molar-refractivity contribution in [2.24, 2.45) is 11.1 Å². The van der Waals surface area contributed by atoms with E-state index in [0.29, 0.717) is 11.3 Å². The highest BCUT2D eigenvalue weighted by Gasteiger charge is 2.53. The Kier molecular flexibility index (Phi) is 1.71. The summed E-state index contributed by atoms with van der Waals surface area (Å²) >= 11 is 0. The normalized spacial score (nSPS) is 27.6. The third-order valence-electron chi connectivity index (χ3n) is 3.97. The number of aryl methyl sites for hydroxylation is 1. The van der Waals surface area contributed by atoms with Crippen LogP contribution in [0.1, 0.15) is 42.9 Å². The van der Waals surface area contributed by atoms with Crippen LogP contribution in [0.15, 0.2) is 10.7 Å².